The molecule has 7 rings (SSSR count). The second-order valence-electron chi connectivity index (χ2n) is 13.9. The van der Waals surface area contributed by atoms with Crippen LogP contribution in [0.1, 0.15) is 52.9 Å². The molecule has 3 heterocycles. The molecule has 0 aromatic rings. The Hall–Kier alpha value is -1.41. The Bertz CT molecular complexity index is 1190. The number of aliphatic hydroxyl groups excluding tert-OH is 4. The minimum absolute atomic E-state index is 0.111. The lowest BCUT2D eigenvalue weighted by Crippen LogP contribution is -2.76. The fourth-order valence-electron chi connectivity index (χ4n) is 10.0. The summed E-state index contributed by atoms with van der Waals surface area (Å²) in [6, 6.07) is 0. The van der Waals surface area contributed by atoms with E-state index in [9.17, 15) is 30.3 Å². The van der Waals surface area contributed by atoms with Crippen LogP contribution in [0, 0.1) is 22.7 Å². The molecule has 0 aromatic heterocycles. The fraction of sp³-hybridized carbons (Fsp3) is 0.833. The highest BCUT2D eigenvalue weighted by Gasteiger charge is 2.88. The van der Waals surface area contributed by atoms with Crippen LogP contribution in [0.3, 0.4) is 0 Å². The van der Waals surface area contributed by atoms with Crippen molar-refractivity contribution in [2.24, 2.45) is 22.7 Å². The molecule has 1 spiro atoms. The second-order valence-corrected chi connectivity index (χ2v) is 13.9. The highest BCUT2D eigenvalue weighted by molar-refractivity contribution is 5.85. The van der Waals surface area contributed by atoms with Crippen LogP contribution in [0.15, 0.2) is 23.3 Å². The summed E-state index contributed by atoms with van der Waals surface area (Å²) in [6.07, 6.45) is -2.03. The number of aliphatic hydroxyl groups is 5. The highest BCUT2D eigenvalue weighted by atomic mass is 16.7. The summed E-state index contributed by atoms with van der Waals surface area (Å²) in [5, 5.41) is 58.4. The van der Waals surface area contributed by atoms with E-state index in [1.54, 1.807) is 6.92 Å². The van der Waals surface area contributed by atoms with Crippen molar-refractivity contribution in [3.63, 3.8) is 0 Å². The average Bonchev–Trinajstić information content (AvgIpc) is 3.36. The molecule has 2 saturated heterocycles. The molecule has 15 atom stereocenters. The van der Waals surface area contributed by atoms with Crippen molar-refractivity contribution >= 4 is 5.97 Å². The predicted molar refractivity (Wildman–Crippen MR) is 140 cm³/mol. The first-order chi connectivity index (χ1) is 19.3. The van der Waals surface area contributed by atoms with Crippen LogP contribution in [0.2, 0.25) is 0 Å². The Morgan fingerprint density at radius 1 is 1.12 bits per heavy atom. The third-order valence-corrected chi connectivity index (χ3v) is 12.1. The molecule has 0 amide bonds. The van der Waals surface area contributed by atoms with Gasteiger partial charge in [-0.2, -0.15) is 0 Å². The van der Waals surface area contributed by atoms with Crippen LogP contribution in [-0.2, 0) is 28.5 Å². The number of carbonyl (C=O) groups excluding carboxylic acids is 1. The van der Waals surface area contributed by atoms with E-state index < -0.39 is 82.9 Å². The van der Waals surface area contributed by atoms with Gasteiger partial charge in [-0.15, -0.1) is 0 Å². The van der Waals surface area contributed by atoms with Crippen LogP contribution in [-0.4, -0.2) is 112 Å². The van der Waals surface area contributed by atoms with E-state index in [1.165, 1.54) is 13.2 Å². The van der Waals surface area contributed by atoms with Gasteiger partial charge in [0.05, 0.1) is 36.6 Å². The van der Waals surface area contributed by atoms with Gasteiger partial charge in [0.2, 0.25) is 0 Å². The maximum atomic E-state index is 12.6. The molecule has 41 heavy (non-hydrogen) atoms. The van der Waals surface area contributed by atoms with Crippen molar-refractivity contribution < 1.29 is 54.0 Å². The molecule has 4 aliphatic carbocycles. The maximum Gasteiger partial charge on any atom is 0.331 e. The molecule has 228 valence electrons. The lowest BCUT2D eigenvalue weighted by molar-refractivity contribution is -0.288. The molecule has 0 aromatic carbocycles. The highest BCUT2D eigenvalue weighted by Crippen LogP contribution is 2.77. The van der Waals surface area contributed by atoms with Crippen LogP contribution in [0.25, 0.3) is 0 Å². The van der Waals surface area contributed by atoms with E-state index in [0.29, 0.717) is 25.7 Å². The molecule has 0 bridgehead atoms. The van der Waals surface area contributed by atoms with Crippen LogP contribution >= 0.6 is 0 Å². The molecule has 3 aliphatic heterocycles. The van der Waals surface area contributed by atoms with E-state index in [-0.39, 0.29) is 25.0 Å². The Morgan fingerprint density at radius 2 is 1.88 bits per heavy atom. The maximum absolute atomic E-state index is 12.6. The summed E-state index contributed by atoms with van der Waals surface area (Å²) >= 11 is 0. The lowest BCUT2D eigenvalue weighted by Gasteiger charge is -2.63. The van der Waals surface area contributed by atoms with E-state index in [1.807, 2.05) is 19.9 Å². The molecule has 5 fully saturated rings. The van der Waals surface area contributed by atoms with Crippen molar-refractivity contribution in [2.45, 2.75) is 119 Å². The lowest BCUT2D eigenvalue weighted by atomic mass is 9.42. The van der Waals surface area contributed by atoms with Crippen LogP contribution in [0.5, 0.6) is 0 Å². The Kier molecular flexibility index (Phi) is 6.27. The number of fused-ring (bicyclic) bond motifs is 3. The Morgan fingerprint density at radius 3 is 2.56 bits per heavy atom. The number of carbonyl (C=O) groups is 1. The van der Waals surface area contributed by atoms with Crippen molar-refractivity contribution in [2.75, 3.05) is 13.7 Å². The monoisotopic (exact) mass is 578 g/mol. The van der Waals surface area contributed by atoms with Gasteiger partial charge >= 0.3 is 5.97 Å². The number of epoxide rings is 1. The fourth-order valence-corrected chi connectivity index (χ4v) is 10.0. The number of rotatable bonds is 4. The number of ether oxygens (including phenoxy) is 5. The van der Waals surface area contributed by atoms with E-state index in [0.717, 1.165) is 11.1 Å². The zero-order chi connectivity index (χ0) is 29.3. The van der Waals surface area contributed by atoms with Gasteiger partial charge in [0, 0.05) is 30.9 Å². The number of cyclic esters (lactones) is 1. The first kappa shape index (κ1) is 28.4. The summed E-state index contributed by atoms with van der Waals surface area (Å²) in [7, 11) is 1.53. The molecule has 5 N–H and O–H groups in total. The molecule has 3 saturated carbocycles. The van der Waals surface area contributed by atoms with E-state index in [4.69, 9.17) is 23.7 Å². The van der Waals surface area contributed by atoms with Gasteiger partial charge in [-0.3, -0.25) is 0 Å². The Balaban J connectivity index is 1.22. The third-order valence-electron chi connectivity index (χ3n) is 12.1. The largest absolute Gasteiger partial charge is 0.458 e. The van der Waals surface area contributed by atoms with Gasteiger partial charge in [-0.05, 0) is 49.5 Å². The van der Waals surface area contributed by atoms with E-state index in [2.05, 4.69) is 0 Å². The minimum Gasteiger partial charge on any atom is -0.458 e. The van der Waals surface area contributed by atoms with E-state index >= 15 is 0 Å². The molecular weight excluding hydrogens is 536 g/mol. The van der Waals surface area contributed by atoms with Gasteiger partial charge in [0.15, 0.2) is 6.29 Å². The summed E-state index contributed by atoms with van der Waals surface area (Å²) in [6.45, 7) is 5.74. The quantitative estimate of drug-likeness (QED) is 0.174. The average molecular weight is 579 g/mol. The third kappa shape index (κ3) is 3.49. The summed E-state index contributed by atoms with van der Waals surface area (Å²) < 4.78 is 29.0. The smallest absolute Gasteiger partial charge is 0.331 e. The summed E-state index contributed by atoms with van der Waals surface area (Å²) in [5.74, 6) is -1.48. The second kappa shape index (κ2) is 9.06. The SMILES string of the molecule is CO[C@@H]1C[C@@H](C)O[C@@H](O[C@@H]2C=C3C[C@@H]4O[C@]45[C@H]([C@H](O)[C@@H](O)[C@]4(C)[C@@H](C6=CC(=O)OC6)CC[C@@]45O)[C@@]3(C)C[C@H]2O)[C@@H]1O. The van der Waals surface area contributed by atoms with Gasteiger partial charge in [-0.1, -0.05) is 25.5 Å². The number of methoxy groups -OCH3 is 1. The topological polar surface area (TPSA) is 168 Å². The normalized spacial score (nSPS) is 57.5. The van der Waals surface area contributed by atoms with Crippen molar-refractivity contribution in [1.82, 2.24) is 0 Å². The molecule has 0 radical (unpaired) electrons. The zero-order valence-corrected chi connectivity index (χ0v) is 23.9. The minimum atomic E-state index is -1.47. The summed E-state index contributed by atoms with van der Waals surface area (Å²) in [4.78, 5) is 11.9. The standard InChI is InChI=1S/C30H42O11/c1-13-7-19(37-4)22(33)26(39-13)40-18-9-15-10-20-30(41-20)24(27(15,2)11-17(18)31)23(34)25(35)28(3)16(5-6-29(28,30)36)14-8-21(32)38-12-14/h8-9,13,16-20,22-26,31,33-36H,5-7,10-12H2,1-4H3/t13-,16-,17-,18-,19-,20+,22-,23+,24-,25-,26+,27+,28+,29-,30+/m1/s1. The van der Waals surface area contributed by atoms with Gasteiger partial charge in [-0.25, -0.2) is 4.79 Å². The van der Waals surface area contributed by atoms with Crippen LogP contribution in [0.4, 0.5) is 0 Å². The van der Waals surface area contributed by atoms with Crippen molar-refractivity contribution in [3.8, 4) is 0 Å². The number of hydrogen-bond donors (Lipinski definition) is 5. The number of esters is 1. The first-order valence-corrected chi connectivity index (χ1v) is 14.9. The predicted octanol–water partition coefficient (Wildman–Crippen LogP) is 0.103. The van der Waals surface area contributed by atoms with Gasteiger partial charge in [0.1, 0.15) is 30.0 Å². The van der Waals surface area contributed by atoms with Gasteiger partial charge < -0.3 is 49.2 Å². The number of hydrogen-bond acceptors (Lipinski definition) is 11. The zero-order valence-electron chi connectivity index (χ0n) is 23.9. The van der Waals surface area contributed by atoms with Crippen LogP contribution < -0.4 is 0 Å². The van der Waals surface area contributed by atoms with Gasteiger partial charge in [0.25, 0.3) is 0 Å². The molecular formula is C30H42O11. The summed E-state index contributed by atoms with van der Waals surface area (Å²) in [5.41, 5.74) is -2.91. The molecule has 0 unspecified atom stereocenters. The molecule has 7 aliphatic rings. The first-order valence-electron chi connectivity index (χ1n) is 14.9. The molecule has 11 nitrogen and oxygen atoms in total. The Labute approximate surface area is 239 Å². The molecule has 11 heteroatoms. The van der Waals surface area contributed by atoms with Crippen molar-refractivity contribution in [3.05, 3.63) is 23.3 Å². The van der Waals surface area contributed by atoms with Crippen molar-refractivity contribution in [1.29, 1.82) is 0 Å².